The van der Waals surface area contributed by atoms with Gasteiger partial charge in [-0.2, -0.15) is 0 Å². The van der Waals surface area contributed by atoms with E-state index in [0.29, 0.717) is 11.1 Å². The summed E-state index contributed by atoms with van der Waals surface area (Å²) in [5, 5.41) is 20.2. The number of ketones is 1. The Morgan fingerprint density at radius 2 is 1.57 bits per heavy atom. The maximum Gasteiger partial charge on any atom is 0.223 e. The summed E-state index contributed by atoms with van der Waals surface area (Å²) in [6.45, 7) is 2.12. The normalized spacial score (nSPS) is 12.7. The van der Waals surface area contributed by atoms with Crippen molar-refractivity contribution in [3.05, 3.63) is 101 Å². The summed E-state index contributed by atoms with van der Waals surface area (Å²) in [7, 11) is 0. The number of aliphatic hydroxyl groups excluding tert-OH is 1. The van der Waals surface area contributed by atoms with Crippen LogP contribution < -0.4 is 5.73 Å². The van der Waals surface area contributed by atoms with Crippen molar-refractivity contribution in [2.24, 2.45) is 5.73 Å². The number of nitrogens with two attached hydrogens (primary N) is 1. The number of aliphatic hydroxyl groups is 1. The number of amides is 1. The van der Waals surface area contributed by atoms with E-state index >= 15 is 0 Å². The monoisotopic (exact) mass is 510 g/mol. The Labute approximate surface area is 215 Å². The number of Topliss-reactive ketones (excluding diaryl/α,β-unsaturated/α-hetero) is 1. The van der Waals surface area contributed by atoms with Gasteiger partial charge in [-0.1, -0.05) is 31.2 Å². The lowest BCUT2D eigenvalue weighted by Crippen LogP contribution is -2.46. The standard InChI is InChI=1S/C29H32F2N2O4/c1-2-19-4-3-5-20(12-19)17-33(29(37)11-10-27(35)22-6-8-25(34)9-7-22)18-28(36)26(32)15-21-13-23(30)16-24(31)14-21/h3-9,12-14,16,26,28,34,36H,2,10-11,15,17-18,32H2,1H3/t26-,28+/m0/s1. The van der Waals surface area contributed by atoms with E-state index in [2.05, 4.69) is 0 Å². The lowest BCUT2D eigenvalue weighted by atomic mass is 10.0. The fourth-order valence-corrected chi connectivity index (χ4v) is 4.09. The molecule has 0 radical (unpaired) electrons. The first-order valence-corrected chi connectivity index (χ1v) is 12.2. The third-order valence-electron chi connectivity index (χ3n) is 6.18. The number of halogens is 2. The molecule has 0 saturated heterocycles. The van der Waals surface area contributed by atoms with Gasteiger partial charge in [0.2, 0.25) is 5.91 Å². The fourth-order valence-electron chi connectivity index (χ4n) is 4.09. The summed E-state index contributed by atoms with van der Waals surface area (Å²) >= 11 is 0. The van der Waals surface area contributed by atoms with Gasteiger partial charge in [0, 0.05) is 43.6 Å². The van der Waals surface area contributed by atoms with Gasteiger partial charge in [-0.15, -0.1) is 0 Å². The largest absolute Gasteiger partial charge is 0.508 e. The number of benzene rings is 3. The zero-order valence-corrected chi connectivity index (χ0v) is 20.7. The predicted molar refractivity (Wildman–Crippen MR) is 137 cm³/mol. The number of nitrogens with zero attached hydrogens (tertiary/aromatic N) is 1. The van der Waals surface area contributed by atoms with Crippen LogP contribution in [0.3, 0.4) is 0 Å². The summed E-state index contributed by atoms with van der Waals surface area (Å²) in [4.78, 5) is 27.2. The molecule has 3 rings (SSSR count). The Bertz CT molecular complexity index is 1200. The average Bonchev–Trinajstić information content (AvgIpc) is 2.86. The van der Waals surface area contributed by atoms with Gasteiger partial charge in [0.1, 0.15) is 17.4 Å². The van der Waals surface area contributed by atoms with Crippen LogP contribution in [-0.2, 0) is 24.2 Å². The minimum Gasteiger partial charge on any atom is -0.508 e. The number of phenolic OH excluding ortho intramolecular Hbond substituents is 1. The SMILES string of the molecule is CCc1cccc(CN(C[C@@H](O)[C@@H](N)Cc2cc(F)cc(F)c2)C(=O)CCC(=O)c2ccc(O)cc2)c1. The van der Waals surface area contributed by atoms with Gasteiger partial charge < -0.3 is 20.8 Å². The Morgan fingerprint density at radius 3 is 2.22 bits per heavy atom. The highest BCUT2D eigenvalue weighted by Crippen LogP contribution is 2.16. The zero-order valence-electron chi connectivity index (χ0n) is 20.7. The van der Waals surface area contributed by atoms with Crippen LogP contribution in [0, 0.1) is 11.6 Å². The van der Waals surface area contributed by atoms with Crippen LogP contribution in [0.25, 0.3) is 0 Å². The highest BCUT2D eigenvalue weighted by molar-refractivity contribution is 5.98. The number of phenols is 1. The molecule has 0 unspecified atom stereocenters. The van der Waals surface area contributed by atoms with E-state index in [1.165, 1.54) is 29.2 Å². The Hall–Kier alpha value is -3.62. The van der Waals surface area contributed by atoms with Crippen LogP contribution in [0.5, 0.6) is 5.75 Å². The molecule has 8 heteroatoms. The molecule has 0 aliphatic carbocycles. The highest BCUT2D eigenvalue weighted by atomic mass is 19.1. The average molecular weight is 511 g/mol. The molecule has 0 spiro atoms. The van der Waals surface area contributed by atoms with Crippen LogP contribution in [0.4, 0.5) is 8.78 Å². The molecule has 6 nitrogen and oxygen atoms in total. The Morgan fingerprint density at radius 1 is 0.919 bits per heavy atom. The van der Waals surface area contributed by atoms with Gasteiger partial charge in [-0.25, -0.2) is 8.78 Å². The minimum atomic E-state index is -1.17. The van der Waals surface area contributed by atoms with Gasteiger partial charge in [0.25, 0.3) is 0 Å². The molecular weight excluding hydrogens is 478 g/mol. The second-order valence-corrected chi connectivity index (χ2v) is 9.13. The van der Waals surface area contributed by atoms with E-state index in [-0.39, 0.29) is 49.8 Å². The smallest absolute Gasteiger partial charge is 0.223 e. The molecule has 0 bridgehead atoms. The van der Waals surface area contributed by atoms with E-state index < -0.39 is 23.8 Å². The van der Waals surface area contributed by atoms with Crippen LogP contribution in [0.2, 0.25) is 0 Å². The van der Waals surface area contributed by atoms with Crippen molar-refractivity contribution in [1.82, 2.24) is 4.90 Å². The highest BCUT2D eigenvalue weighted by Gasteiger charge is 2.24. The van der Waals surface area contributed by atoms with E-state index in [1.54, 1.807) is 0 Å². The van der Waals surface area contributed by atoms with Crippen molar-refractivity contribution in [3.8, 4) is 5.75 Å². The summed E-state index contributed by atoms with van der Waals surface area (Å²) in [5.74, 6) is -2.01. The molecule has 0 aliphatic heterocycles. The molecule has 37 heavy (non-hydrogen) atoms. The Balaban J connectivity index is 1.71. The summed E-state index contributed by atoms with van der Waals surface area (Å²) < 4.78 is 27.1. The van der Waals surface area contributed by atoms with Crippen molar-refractivity contribution in [3.63, 3.8) is 0 Å². The third-order valence-corrected chi connectivity index (χ3v) is 6.18. The third kappa shape index (κ3) is 8.48. The second kappa shape index (κ2) is 13.1. The van der Waals surface area contributed by atoms with Crippen LogP contribution in [0.1, 0.15) is 46.8 Å². The van der Waals surface area contributed by atoms with Crippen LogP contribution >= 0.6 is 0 Å². The van der Waals surface area contributed by atoms with Gasteiger partial charge in [-0.05, 0) is 65.9 Å². The van der Waals surface area contributed by atoms with Gasteiger partial charge in [0.05, 0.1) is 6.10 Å². The number of carbonyl (C=O) groups excluding carboxylic acids is 2. The summed E-state index contributed by atoms with van der Waals surface area (Å²) in [6, 6.07) is 15.7. The van der Waals surface area contributed by atoms with Crippen LogP contribution in [-0.4, -0.2) is 45.5 Å². The quantitative estimate of drug-likeness (QED) is 0.318. The van der Waals surface area contributed by atoms with Crippen molar-refractivity contribution >= 4 is 11.7 Å². The number of hydrogen-bond donors (Lipinski definition) is 3. The minimum absolute atomic E-state index is 0.0164. The van der Waals surface area contributed by atoms with Crippen molar-refractivity contribution in [2.45, 2.75) is 51.3 Å². The number of rotatable bonds is 12. The lowest BCUT2D eigenvalue weighted by Gasteiger charge is -2.28. The number of aromatic hydroxyl groups is 1. The fraction of sp³-hybridized carbons (Fsp3) is 0.310. The van der Waals surface area contributed by atoms with Crippen LogP contribution in [0.15, 0.2) is 66.7 Å². The predicted octanol–water partition coefficient (Wildman–Crippen LogP) is 4.16. The first-order valence-electron chi connectivity index (χ1n) is 12.2. The maximum absolute atomic E-state index is 13.6. The number of carbonyl (C=O) groups is 2. The molecule has 2 atom stereocenters. The second-order valence-electron chi connectivity index (χ2n) is 9.13. The molecule has 3 aromatic carbocycles. The van der Waals surface area contributed by atoms with Crippen molar-refractivity contribution in [1.29, 1.82) is 0 Å². The molecule has 196 valence electrons. The van der Waals surface area contributed by atoms with Crippen molar-refractivity contribution in [2.75, 3.05) is 6.54 Å². The van der Waals surface area contributed by atoms with E-state index in [9.17, 15) is 28.6 Å². The van der Waals surface area contributed by atoms with E-state index in [1.807, 2.05) is 31.2 Å². The first-order chi connectivity index (χ1) is 17.6. The Kier molecular flexibility index (Phi) is 9.88. The topological polar surface area (TPSA) is 104 Å². The molecule has 0 fully saturated rings. The van der Waals surface area contributed by atoms with Gasteiger partial charge >= 0.3 is 0 Å². The van der Waals surface area contributed by atoms with Crippen molar-refractivity contribution < 1.29 is 28.6 Å². The molecule has 0 aliphatic rings. The van der Waals surface area contributed by atoms with E-state index in [4.69, 9.17) is 5.73 Å². The zero-order chi connectivity index (χ0) is 26.9. The molecule has 0 heterocycles. The molecule has 0 aromatic heterocycles. The summed E-state index contributed by atoms with van der Waals surface area (Å²) in [6.07, 6.45) is -0.454. The number of aryl methyl sites for hydroxylation is 1. The maximum atomic E-state index is 13.6. The molecule has 0 saturated carbocycles. The lowest BCUT2D eigenvalue weighted by molar-refractivity contribution is -0.133. The number of hydrogen-bond acceptors (Lipinski definition) is 5. The van der Waals surface area contributed by atoms with Gasteiger partial charge in [0.15, 0.2) is 5.78 Å². The van der Waals surface area contributed by atoms with Gasteiger partial charge in [-0.3, -0.25) is 9.59 Å². The summed E-state index contributed by atoms with van der Waals surface area (Å²) in [5.41, 5.74) is 8.79. The molecule has 1 amide bonds. The molecule has 3 aromatic rings. The van der Waals surface area contributed by atoms with E-state index in [0.717, 1.165) is 35.7 Å². The molecule has 4 N–H and O–H groups in total. The first kappa shape index (κ1) is 28.0. The molecular formula is C29H32F2N2O4.